The molecule has 2 aromatic carbocycles. The first kappa shape index (κ1) is 22.7. The highest BCUT2D eigenvalue weighted by Gasteiger charge is 2.28. The molecule has 1 heterocycles. The van der Waals surface area contributed by atoms with E-state index in [9.17, 15) is 17.6 Å². The molecule has 0 aliphatic rings. The van der Waals surface area contributed by atoms with E-state index >= 15 is 0 Å². The molecule has 0 radical (unpaired) electrons. The summed E-state index contributed by atoms with van der Waals surface area (Å²) in [6.07, 6.45) is -5.32. The van der Waals surface area contributed by atoms with E-state index in [0.717, 1.165) is 11.8 Å². The van der Waals surface area contributed by atoms with Gasteiger partial charge in [-0.2, -0.15) is 13.2 Å². The van der Waals surface area contributed by atoms with Gasteiger partial charge in [0.05, 0.1) is 33.4 Å². The molecule has 0 atom stereocenters. The number of aromatic nitrogens is 3. The van der Waals surface area contributed by atoms with Gasteiger partial charge in [0.25, 0.3) is 0 Å². The van der Waals surface area contributed by atoms with Crippen LogP contribution in [0.3, 0.4) is 0 Å². The van der Waals surface area contributed by atoms with E-state index in [0.29, 0.717) is 22.8 Å². The summed E-state index contributed by atoms with van der Waals surface area (Å²) in [6, 6.07) is 9.08. The van der Waals surface area contributed by atoms with E-state index in [1.807, 2.05) is 0 Å². The first-order valence-corrected chi connectivity index (χ1v) is 9.98. The third kappa shape index (κ3) is 5.04. The predicted molar refractivity (Wildman–Crippen MR) is 108 cm³/mol. The lowest BCUT2D eigenvalue weighted by Gasteiger charge is -2.15. The van der Waals surface area contributed by atoms with Crippen molar-refractivity contribution in [1.29, 1.82) is 0 Å². The smallest absolute Gasteiger partial charge is 0.389 e. The second kappa shape index (κ2) is 9.46. The molecule has 1 aromatic heterocycles. The van der Waals surface area contributed by atoms with E-state index in [-0.39, 0.29) is 22.4 Å². The summed E-state index contributed by atoms with van der Waals surface area (Å²) in [5.41, 5.74) is 0.554. The van der Waals surface area contributed by atoms with Gasteiger partial charge in [0.1, 0.15) is 5.82 Å². The third-order valence-electron chi connectivity index (χ3n) is 4.27. The highest BCUT2D eigenvalue weighted by atomic mass is 32.2. The Morgan fingerprint density at radius 1 is 0.968 bits per heavy atom. The second-order valence-electron chi connectivity index (χ2n) is 6.22. The topological polar surface area (TPSA) is 58.4 Å². The van der Waals surface area contributed by atoms with Crippen LogP contribution < -0.4 is 14.2 Å². The Bertz CT molecular complexity index is 1030. The van der Waals surface area contributed by atoms with Gasteiger partial charge in [-0.1, -0.05) is 23.9 Å². The maximum absolute atomic E-state index is 14.6. The fourth-order valence-corrected chi connectivity index (χ4v) is 3.80. The minimum absolute atomic E-state index is 0.103. The van der Waals surface area contributed by atoms with Crippen molar-refractivity contribution in [2.24, 2.45) is 0 Å². The van der Waals surface area contributed by atoms with Gasteiger partial charge in [-0.3, -0.25) is 4.57 Å². The third-order valence-corrected chi connectivity index (χ3v) is 5.20. The first-order chi connectivity index (χ1) is 14.8. The number of benzene rings is 2. The second-order valence-corrected chi connectivity index (χ2v) is 7.28. The quantitative estimate of drug-likeness (QED) is 0.345. The maximum atomic E-state index is 14.6. The Labute approximate surface area is 180 Å². The molecular weight excluding hydrogens is 438 g/mol. The number of halogens is 4. The number of rotatable bonds is 8. The Morgan fingerprint density at radius 3 is 2.16 bits per heavy atom. The van der Waals surface area contributed by atoms with Crippen molar-refractivity contribution in [2.45, 2.75) is 17.8 Å². The number of hydrogen-bond acceptors (Lipinski definition) is 6. The fourth-order valence-electron chi connectivity index (χ4n) is 2.87. The molecular formula is C20H19F4N3O3S. The number of para-hydroxylation sites is 1. The molecule has 0 bridgehead atoms. The van der Waals surface area contributed by atoms with E-state index < -0.39 is 18.4 Å². The molecule has 11 heteroatoms. The number of methoxy groups -OCH3 is 3. The van der Waals surface area contributed by atoms with Crippen LogP contribution in [-0.2, 0) is 0 Å². The SMILES string of the molecule is COc1cc(-c2nnc(SCCC(F)(F)F)n2-c2ccccc2F)cc(OC)c1OC. The Balaban J connectivity index is 2.14. The van der Waals surface area contributed by atoms with Crippen molar-refractivity contribution in [3.05, 3.63) is 42.2 Å². The number of thioether (sulfide) groups is 1. The van der Waals surface area contributed by atoms with Gasteiger partial charge >= 0.3 is 6.18 Å². The van der Waals surface area contributed by atoms with Crippen LogP contribution in [0.4, 0.5) is 17.6 Å². The van der Waals surface area contributed by atoms with Crippen LogP contribution in [0.5, 0.6) is 17.2 Å². The van der Waals surface area contributed by atoms with E-state index in [2.05, 4.69) is 10.2 Å². The zero-order valence-electron chi connectivity index (χ0n) is 16.9. The number of ether oxygens (including phenoxy) is 3. The molecule has 3 rings (SSSR count). The zero-order chi connectivity index (χ0) is 22.6. The van der Waals surface area contributed by atoms with Gasteiger partial charge in [-0.25, -0.2) is 4.39 Å². The highest BCUT2D eigenvalue weighted by molar-refractivity contribution is 7.99. The Kier molecular flexibility index (Phi) is 6.94. The maximum Gasteiger partial charge on any atom is 0.389 e. The van der Waals surface area contributed by atoms with Crippen LogP contribution in [0, 0.1) is 5.82 Å². The first-order valence-electron chi connectivity index (χ1n) is 8.99. The lowest BCUT2D eigenvalue weighted by molar-refractivity contribution is -0.129. The van der Waals surface area contributed by atoms with Crippen molar-refractivity contribution in [3.8, 4) is 34.3 Å². The molecule has 0 N–H and O–H groups in total. The normalized spacial score (nSPS) is 11.5. The number of hydrogen-bond donors (Lipinski definition) is 0. The molecule has 0 saturated heterocycles. The summed E-state index contributed by atoms with van der Waals surface area (Å²) < 4.78 is 69.8. The molecule has 0 amide bonds. The monoisotopic (exact) mass is 457 g/mol. The molecule has 0 aliphatic carbocycles. The summed E-state index contributed by atoms with van der Waals surface area (Å²) in [5, 5.41) is 8.25. The van der Waals surface area contributed by atoms with E-state index in [1.165, 1.54) is 44.1 Å². The number of alkyl halides is 3. The average Bonchev–Trinajstić information content (AvgIpc) is 3.15. The number of nitrogens with zero attached hydrogens (tertiary/aromatic N) is 3. The molecule has 0 aliphatic heterocycles. The summed E-state index contributed by atoms with van der Waals surface area (Å²) in [5.74, 6) is 0.376. The van der Waals surface area contributed by atoms with Crippen molar-refractivity contribution in [1.82, 2.24) is 14.8 Å². The predicted octanol–water partition coefficient (Wildman–Crippen LogP) is 5.14. The van der Waals surface area contributed by atoms with Gasteiger partial charge in [0, 0.05) is 11.3 Å². The Hall–Kier alpha value is -2.95. The molecule has 0 saturated carbocycles. The van der Waals surface area contributed by atoms with Crippen LogP contribution in [0.2, 0.25) is 0 Å². The van der Waals surface area contributed by atoms with Crippen molar-refractivity contribution >= 4 is 11.8 Å². The van der Waals surface area contributed by atoms with Crippen LogP contribution in [0.25, 0.3) is 17.1 Å². The van der Waals surface area contributed by atoms with Crippen LogP contribution in [0.1, 0.15) is 6.42 Å². The molecule has 31 heavy (non-hydrogen) atoms. The average molecular weight is 457 g/mol. The summed E-state index contributed by atoms with van der Waals surface area (Å²) >= 11 is 0.836. The zero-order valence-corrected chi connectivity index (χ0v) is 17.7. The molecule has 166 valence electrons. The van der Waals surface area contributed by atoms with Gasteiger partial charge < -0.3 is 14.2 Å². The highest BCUT2D eigenvalue weighted by Crippen LogP contribution is 2.42. The van der Waals surface area contributed by atoms with Gasteiger partial charge in [0.2, 0.25) is 5.75 Å². The largest absolute Gasteiger partial charge is 0.493 e. The lowest BCUT2D eigenvalue weighted by atomic mass is 10.1. The van der Waals surface area contributed by atoms with Gasteiger partial charge in [-0.15, -0.1) is 10.2 Å². The van der Waals surface area contributed by atoms with E-state index in [4.69, 9.17) is 14.2 Å². The van der Waals surface area contributed by atoms with Crippen LogP contribution in [0.15, 0.2) is 41.6 Å². The fraction of sp³-hybridized carbons (Fsp3) is 0.300. The van der Waals surface area contributed by atoms with Gasteiger partial charge in [0.15, 0.2) is 22.5 Å². The summed E-state index contributed by atoms with van der Waals surface area (Å²) in [7, 11) is 4.35. The minimum atomic E-state index is -4.31. The molecule has 0 fully saturated rings. The molecule has 0 spiro atoms. The summed E-state index contributed by atoms with van der Waals surface area (Å²) in [6.45, 7) is 0. The van der Waals surface area contributed by atoms with Crippen LogP contribution >= 0.6 is 11.8 Å². The van der Waals surface area contributed by atoms with Crippen molar-refractivity contribution in [2.75, 3.05) is 27.1 Å². The van der Waals surface area contributed by atoms with Crippen LogP contribution in [-0.4, -0.2) is 48.0 Å². The molecule has 0 unspecified atom stereocenters. The lowest BCUT2D eigenvalue weighted by Crippen LogP contribution is -2.09. The molecule has 6 nitrogen and oxygen atoms in total. The minimum Gasteiger partial charge on any atom is -0.493 e. The van der Waals surface area contributed by atoms with Crippen molar-refractivity contribution in [3.63, 3.8) is 0 Å². The molecule has 3 aromatic rings. The van der Waals surface area contributed by atoms with Crippen molar-refractivity contribution < 1.29 is 31.8 Å². The van der Waals surface area contributed by atoms with E-state index in [1.54, 1.807) is 18.2 Å². The Morgan fingerprint density at radius 2 is 1.61 bits per heavy atom. The standard InChI is InChI=1S/C20H19F4N3O3S/c1-28-15-10-12(11-16(29-2)17(15)30-3)18-25-26-19(31-9-8-20(22,23)24)27(18)14-7-5-4-6-13(14)21/h4-7,10-11H,8-9H2,1-3H3. The summed E-state index contributed by atoms with van der Waals surface area (Å²) in [4.78, 5) is 0. The van der Waals surface area contributed by atoms with Gasteiger partial charge in [-0.05, 0) is 24.3 Å².